The molecule has 5 heteroatoms. The van der Waals surface area contributed by atoms with Gasteiger partial charge in [0.1, 0.15) is 0 Å². The van der Waals surface area contributed by atoms with Crippen molar-refractivity contribution >= 4 is 10.0 Å². The minimum Gasteiger partial charge on any atom is -0.253 e. The molecule has 0 bridgehead atoms. The maximum atomic E-state index is 12.5. The van der Waals surface area contributed by atoms with Crippen LogP contribution in [0, 0.1) is 6.92 Å². The van der Waals surface area contributed by atoms with E-state index in [1.807, 2.05) is 31.2 Å². The standard InChI is InChI=1S/C18H21NO3S/c1-13-5-11-16(12-6-13)23(20,21)19-17(22-19)14-7-9-15(10-8-14)18(2,3)4/h5-12,17H,1-4H3/t17-,19?/m0/s1. The number of benzene rings is 2. The topological polar surface area (TPSA) is 49.7 Å². The summed E-state index contributed by atoms with van der Waals surface area (Å²) >= 11 is 0. The van der Waals surface area contributed by atoms with Gasteiger partial charge in [0.15, 0.2) is 6.23 Å². The number of hydrogen-bond acceptors (Lipinski definition) is 3. The van der Waals surface area contributed by atoms with Crippen molar-refractivity contribution < 1.29 is 13.3 Å². The highest BCUT2D eigenvalue weighted by Gasteiger charge is 2.48. The van der Waals surface area contributed by atoms with Crippen LogP contribution in [0.25, 0.3) is 0 Å². The van der Waals surface area contributed by atoms with Crippen molar-refractivity contribution in [3.8, 4) is 0 Å². The van der Waals surface area contributed by atoms with Crippen LogP contribution in [-0.4, -0.2) is 12.9 Å². The summed E-state index contributed by atoms with van der Waals surface area (Å²) in [4.78, 5) is 5.57. The fraction of sp³-hybridized carbons (Fsp3) is 0.333. The van der Waals surface area contributed by atoms with Crippen LogP contribution in [0.3, 0.4) is 0 Å². The Hall–Kier alpha value is -1.69. The lowest BCUT2D eigenvalue weighted by atomic mass is 9.87. The van der Waals surface area contributed by atoms with Crippen molar-refractivity contribution in [3.63, 3.8) is 0 Å². The van der Waals surface area contributed by atoms with Crippen molar-refractivity contribution in [2.75, 3.05) is 0 Å². The van der Waals surface area contributed by atoms with Gasteiger partial charge in [-0.3, -0.25) is 4.84 Å². The number of nitrogens with zero attached hydrogens (tertiary/aromatic N) is 1. The van der Waals surface area contributed by atoms with Gasteiger partial charge >= 0.3 is 0 Å². The molecule has 2 aromatic rings. The summed E-state index contributed by atoms with van der Waals surface area (Å²) in [6.45, 7) is 8.35. The molecule has 0 aromatic heterocycles. The predicted molar refractivity (Wildman–Crippen MR) is 89.2 cm³/mol. The normalized spacial score (nSPS) is 21.2. The molecule has 0 N–H and O–H groups in total. The van der Waals surface area contributed by atoms with E-state index in [0.29, 0.717) is 0 Å². The lowest BCUT2D eigenvalue weighted by Crippen LogP contribution is -2.13. The molecule has 23 heavy (non-hydrogen) atoms. The molecule has 2 aromatic carbocycles. The Labute approximate surface area is 137 Å². The Morgan fingerprint density at radius 1 is 0.957 bits per heavy atom. The quantitative estimate of drug-likeness (QED) is 0.801. The summed E-state index contributed by atoms with van der Waals surface area (Å²) in [5.74, 6) is 0. The molecule has 2 atom stereocenters. The number of sulfonamides is 1. The molecule has 4 nitrogen and oxygen atoms in total. The first kappa shape index (κ1) is 16.2. The van der Waals surface area contributed by atoms with E-state index in [2.05, 4.69) is 20.8 Å². The Bertz CT molecular complexity index is 803. The third kappa shape index (κ3) is 3.17. The zero-order valence-electron chi connectivity index (χ0n) is 13.8. The largest absolute Gasteiger partial charge is 0.267 e. The number of hydrogen-bond donors (Lipinski definition) is 0. The highest BCUT2D eigenvalue weighted by molar-refractivity contribution is 7.89. The molecule has 0 amide bonds. The lowest BCUT2D eigenvalue weighted by Gasteiger charge is -2.18. The van der Waals surface area contributed by atoms with Crippen molar-refractivity contribution in [1.29, 1.82) is 0 Å². The smallest absolute Gasteiger partial charge is 0.253 e. The van der Waals surface area contributed by atoms with Gasteiger partial charge in [0.05, 0.1) is 4.90 Å². The average molecular weight is 331 g/mol. The number of hydroxylamine groups is 1. The van der Waals surface area contributed by atoms with Crippen LogP contribution in [0.2, 0.25) is 0 Å². The van der Waals surface area contributed by atoms with Gasteiger partial charge in [-0.15, -0.1) is 0 Å². The maximum absolute atomic E-state index is 12.5. The van der Waals surface area contributed by atoms with Gasteiger partial charge in [-0.1, -0.05) is 62.7 Å². The minimum atomic E-state index is -3.61. The molecular formula is C18H21NO3S. The molecular weight excluding hydrogens is 310 g/mol. The van der Waals surface area contributed by atoms with Gasteiger partial charge in [-0.25, -0.2) is 8.42 Å². The fourth-order valence-electron chi connectivity index (χ4n) is 2.40. The first-order valence-electron chi connectivity index (χ1n) is 7.58. The Morgan fingerprint density at radius 2 is 1.52 bits per heavy atom. The van der Waals surface area contributed by atoms with E-state index in [1.54, 1.807) is 24.3 Å². The molecule has 0 radical (unpaired) electrons. The SMILES string of the molecule is Cc1ccc(S(=O)(=O)N2O[C@H]2c2ccc(C(C)(C)C)cc2)cc1. The van der Waals surface area contributed by atoms with Crippen LogP contribution >= 0.6 is 0 Å². The van der Waals surface area contributed by atoms with Crippen LogP contribution < -0.4 is 0 Å². The van der Waals surface area contributed by atoms with Crippen LogP contribution in [0.5, 0.6) is 0 Å². The van der Waals surface area contributed by atoms with Crippen molar-refractivity contribution in [2.24, 2.45) is 0 Å². The number of aryl methyl sites for hydroxylation is 1. The Kier molecular flexibility index (Phi) is 3.83. The van der Waals surface area contributed by atoms with Gasteiger partial charge in [-0.2, -0.15) is 0 Å². The monoisotopic (exact) mass is 331 g/mol. The zero-order chi connectivity index (χ0) is 16.8. The molecule has 1 saturated heterocycles. The highest BCUT2D eigenvalue weighted by atomic mass is 32.2. The van der Waals surface area contributed by atoms with Gasteiger partial charge < -0.3 is 0 Å². The van der Waals surface area contributed by atoms with Crippen LogP contribution in [-0.2, 0) is 20.3 Å². The molecule has 1 fully saturated rings. The second-order valence-corrected chi connectivity index (χ2v) is 8.68. The van der Waals surface area contributed by atoms with E-state index in [1.165, 1.54) is 5.56 Å². The zero-order valence-corrected chi connectivity index (χ0v) is 14.6. The molecule has 1 heterocycles. The molecule has 3 rings (SSSR count). The Morgan fingerprint density at radius 3 is 2.04 bits per heavy atom. The lowest BCUT2D eigenvalue weighted by molar-refractivity contribution is 0.283. The fourth-order valence-corrected chi connectivity index (χ4v) is 3.65. The predicted octanol–water partition coefficient (Wildman–Crippen LogP) is 3.93. The highest BCUT2D eigenvalue weighted by Crippen LogP contribution is 2.42. The molecule has 122 valence electrons. The average Bonchev–Trinajstić information content (AvgIpc) is 3.28. The van der Waals surface area contributed by atoms with E-state index >= 15 is 0 Å². The molecule has 0 spiro atoms. The first-order valence-corrected chi connectivity index (χ1v) is 9.02. The maximum Gasteiger partial charge on any atom is 0.267 e. The van der Waals surface area contributed by atoms with Crippen LogP contribution in [0.15, 0.2) is 53.4 Å². The summed E-state index contributed by atoms with van der Waals surface area (Å²) in [5, 5.41) is 0. The van der Waals surface area contributed by atoms with E-state index in [4.69, 9.17) is 4.84 Å². The van der Waals surface area contributed by atoms with Crippen molar-refractivity contribution in [3.05, 3.63) is 65.2 Å². The first-order chi connectivity index (χ1) is 10.7. The second kappa shape index (κ2) is 5.44. The molecule has 1 unspecified atom stereocenters. The summed E-state index contributed by atoms with van der Waals surface area (Å²) in [6, 6.07) is 14.7. The van der Waals surface area contributed by atoms with Gasteiger partial charge in [0.2, 0.25) is 0 Å². The van der Waals surface area contributed by atoms with Crippen LogP contribution in [0.4, 0.5) is 0 Å². The Balaban J connectivity index is 1.80. The number of rotatable bonds is 3. The third-order valence-corrected chi connectivity index (χ3v) is 5.59. The van der Waals surface area contributed by atoms with E-state index in [0.717, 1.165) is 15.6 Å². The van der Waals surface area contributed by atoms with E-state index < -0.39 is 16.3 Å². The van der Waals surface area contributed by atoms with Crippen molar-refractivity contribution in [2.45, 2.75) is 44.2 Å². The summed E-state index contributed by atoms with van der Waals surface area (Å²) < 4.78 is 26.1. The molecule has 1 aliphatic heterocycles. The third-order valence-electron chi connectivity index (χ3n) is 3.97. The van der Waals surface area contributed by atoms with E-state index in [9.17, 15) is 8.42 Å². The minimum absolute atomic E-state index is 0.0661. The van der Waals surface area contributed by atoms with Gasteiger partial charge in [-0.05, 0) is 34.5 Å². The van der Waals surface area contributed by atoms with Crippen LogP contribution in [0.1, 0.15) is 43.7 Å². The molecule has 0 saturated carbocycles. The summed E-state index contributed by atoms with van der Waals surface area (Å²) in [6.07, 6.45) is -0.532. The second-order valence-electron chi connectivity index (χ2n) is 6.90. The summed E-state index contributed by atoms with van der Waals surface area (Å²) in [7, 11) is -3.61. The van der Waals surface area contributed by atoms with Gasteiger partial charge in [0, 0.05) is 5.56 Å². The van der Waals surface area contributed by atoms with E-state index in [-0.39, 0.29) is 10.3 Å². The van der Waals surface area contributed by atoms with Gasteiger partial charge in [0.25, 0.3) is 10.0 Å². The summed E-state index contributed by atoms with van der Waals surface area (Å²) in [5.41, 5.74) is 3.13. The molecule has 1 aliphatic rings. The molecule has 0 aliphatic carbocycles. The van der Waals surface area contributed by atoms with Crippen molar-refractivity contribution in [1.82, 2.24) is 4.47 Å².